The maximum absolute atomic E-state index is 2.41. The quantitative estimate of drug-likeness (QED) is 0.149. The maximum atomic E-state index is 2.41. The molecule has 7 aromatic carbocycles. The Morgan fingerprint density at radius 2 is 0.830 bits per heavy atom. The van der Waals surface area contributed by atoms with Gasteiger partial charge in [0.05, 0.1) is 0 Å². The lowest BCUT2D eigenvalue weighted by Crippen LogP contribution is -1.95. The van der Waals surface area contributed by atoms with E-state index in [1.807, 2.05) is 13.8 Å². The Morgan fingerprint density at radius 1 is 0.396 bits per heavy atom. The summed E-state index contributed by atoms with van der Waals surface area (Å²) in [5, 5.41) is 0. The molecule has 1 saturated carbocycles. The van der Waals surface area contributed by atoms with E-state index in [2.05, 4.69) is 209 Å². The molecular weight excluding hydrogens is 637 g/mol. The van der Waals surface area contributed by atoms with Crippen molar-refractivity contribution in [2.75, 3.05) is 0 Å². The molecule has 0 aliphatic heterocycles. The second kappa shape index (κ2) is 16.1. The van der Waals surface area contributed by atoms with Crippen molar-refractivity contribution >= 4 is 11.1 Å². The molecule has 0 spiro atoms. The van der Waals surface area contributed by atoms with Crippen molar-refractivity contribution in [3.8, 4) is 44.5 Å². The zero-order valence-electron chi connectivity index (χ0n) is 31.6. The van der Waals surface area contributed by atoms with E-state index in [9.17, 15) is 0 Å². The smallest absolute Gasteiger partial charge is 0.0124 e. The zero-order chi connectivity index (χ0) is 36.7. The normalized spacial score (nSPS) is 16.2. The molecule has 0 saturated heterocycles. The predicted molar refractivity (Wildman–Crippen MR) is 230 cm³/mol. The zero-order valence-corrected chi connectivity index (χ0v) is 31.6. The van der Waals surface area contributed by atoms with Crippen molar-refractivity contribution in [2.24, 2.45) is 5.92 Å². The average Bonchev–Trinajstić information content (AvgIpc) is 3.91. The third-order valence-electron chi connectivity index (χ3n) is 10.7. The minimum Gasteiger partial charge on any atom is -0.0683 e. The Bertz CT molecular complexity index is 2350. The standard InChI is InChI=1S/C51H42.C2H6/c1-35(36(2)49(41-25-15-7-16-26-41)51-37(3)50(51)42-27-17-8-18-28-42)43-29-31-46(47(33-43)39-21-11-5-12-22-39)44-30-32-45(38-19-9-4-10-20-38)48(34-44)40-23-13-6-14-24-40;1-2/h4-34,37,50H,1-3H3;1-2H3/b36-35+,51-49+;. The van der Waals surface area contributed by atoms with Crippen molar-refractivity contribution < 1.29 is 0 Å². The highest BCUT2D eigenvalue weighted by Crippen LogP contribution is 2.58. The number of rotatable bonds is 8. The molecule has 0 N–H and O–H groups in total. The van der Waals surface area contributed by atoms with Crippen LogP contribution in [-0.4, -0.2) is 0 Å². The van der Waals surface area contributed by atoms with Crippen LogP contribution < -0.4 is 0 Å². The Morgan fingerprint density at radius 3 is 1.38 bits per heavy atom. The van der Waals surface area contributed by atoms with Gasteiger partial charge < -0.3 is 0 Å². The lowest BCUT2D eigenvalue weighted by molar-refractivity contribution is 0.920. The Balaban J connectivity index is 0.00000214. The van der Waals surface area contributed by atoms with Gasteiger partial charge in [0.1, 0.15) is 0 Å². The Kier molecular flexibility index (Phi) is 10.8. The fourth-order valence-electron chi connectivity index (χ4n) is 7.84. The molecule has 2 unspecified atom stereocenters. The van der Waals surface area contributed by atoms with Crippen LogP contribution in [0.2, 0.25) is 0 Å². The molecule has 0 nitrogen and oxygen atoms in total. The van der Waals surface area contributed by atoms with Gasteiger partial charge in [-0.05, 0) is 110 Å². The van der Waals surface area contributed by atoms with Gasteiger partial charge in [0.25, 0.3) is 0 Å². The van der Waals surface area contributed by atoms with Gasteiger partial charge in [-0.1, -0.05) is 202 Å². The fourth-order valence-corrected chi connectivity index (χ4v) is 7.84. The van der Waals surface area contributed by atoms with Gasteiger partial charge in [-0.3, -0.25) is 0 Å². The van der Waals surface area contributed by atoms with Crippen LogP contribution >= 0.6 is 0 Å². The summed E-state index contributed by atoms with van der Waals surface area (Å²) < 4.78 is 0. The molecule has 0 aromatic heterocycles. The first kappa shape index (κ1) is 35.4. The van der Waals surface area contributed by atoms with Gasteiger partial charge in [-0.25, -0.2) is 0 Å². The molecule has 0 bridgehead atoms. The van der Waals surface area contributed by atoms with Crippen LogP contribution in [0.15, 0.2) is 199 Å². The molecular formula is C53H48. The van der Waals surface area contributed by atoms with E-state index in [-0.39, 0.29) is 0 Å². The number of hydrogen-bond donors (Lipinski definition) is 0. The van der Waals surface area contributed by atoms with Crippen LogP contribution in [0.4, 0.5) is 0 Å². The Hall–Kier alpha value is -5.98. The van der Waals surface area contributed by atoms with Gasteiger partial charge in [-0.15, -0.1) is 0 Å². The van der Waals surface area contributed by atoms with Crippen LogP contribution in [0.5, 0.6) is 0 Å². The molecule has 2 atom stereocenters. The maximum Gasteiger partial charge on any atom is 0.0124 e. The van der Waals surface area contributed by atoms with Crippen LogP contribution in [-0.2, 0) is 0 Å². The van der Waals surface area contributed by atoms with E-state index in [1.165, 1.54) is 83.5 Å². The minimum atomic E-state index is 0.448. The monoisotopic (exact) mass is 684 g/mol. The third kappa shape index (κ3) is 7.37. The van der Waals surface area contributed by atoms with Gasteiger partial charge in [0.15, 0.2) is 0 Å². The van der Waals surface area contributed by atoms with Crippen LogP contribution in [0.1, 0.15) is 57.2 Å². The number of hydrogen-bond acceptors (Lipinski definition) is 0. The van der Waals surface area contributed by atoms with Crippen LogP contribution in [0.3, 0.4) is 0 Å². The molecule has 260 valence electrons. The minimum absolute atomic E-state index is 0.448. The summed E-state index contributed by atoms with van der Waals surface area (Å²) in [6.07, 6.45) is 0. The van der Waals surface area contributed by atoms with E-state index >= 15 is 0 Å². The van der Waals surface area contributed by atoms with Gasteiger partial charge in [0, 0.05) is 5.92 Å². The summed E-state index contributed by atoms with van der Waals surface area (Å²) in [6.45, 7) is 11.0. The van der Waals surface area contributed by atoms with E-state index < -0.39 is 0 Å². The summed E-state index contributed by atoms with van der Waals surface area (Å²) in [5.41, 5.74) is 19.3. The summed E-state index contributed by atoms with van der Waals surface area (Å²) in [4.78, 5) is 0. The average molecular weight is 685 g/mol. The number of benzene rings is 7. The van der Waals surface area contributed by atoms with E-state index in [0.29, 0.717) is 11.8 Å². The van der Waals surface area contributed by atoms with Crippen molar-refractivity contribution in [3.63, 3.8) is 0 Å². The molecule has 7 aromatic rings. The lowest BCUT2D eigenvalue weighted by Gasteiger charge is -2.18. The molecule has 8 rings (SSSR count). The molecule has 0 amide bonds. The summed E-state index contributed by atoms with van der Waals surface area (Å²) in [7, 11) is 0. The first-order valence-electron chi connectivity index (χ1n) is 19.1. The molecule has 0 heteroatoms. The highest BCUT2D eigenvalue weighted by atomic mass is 14.5. The van der Waals surface area contributed by atoms with E-state index in [1.54, 1.807) is 0 Å². The second-order valence-corrected chi connectivity index (χ2v) is 13.7. The SMILES string of the molecule is CC.CC(/C(=C1/C(C)C1c1ccccc1)c1ccccc1)=C(/C)c1ccc(-c2ccc(-c3ccccc3)c(-c3ccccc3)c2)c(-c2ccccc2)c1. The molecule has 1 fully saturated rings. The summed E-state index contributed by atoms with van der Waals surface area (Å²) >= 11 is 0. The molecule has 0 radical (unpaired) electrons. The topological polar surface area (TPSA) is 0 Å². The first-order chi connectivity index (χ1) is 26.1. The number of allylic oxidation sites excluding steroid dienone is 4. The van der Waals surface area contributed by atoms with Crippen molar-refractivity contribution in [2.45, 2.75) is 40.5 Å². The molecule has 53 heavy (non-hydrogen) atoms. The first-order valence-corrected chi connectivity index (χ1v) is 19.1. The van der Waals surface area contributed by atoms with E-state index in [4.69, 9.17) is 0 Å². The van der Waals surface area contributed by atoms with Gasteiger partial charge >= 0.3 is 0 Å². The van der Waals surface area contributed by atoms with Crippen LogP contribution in [0.25, 0.3) is 55.7 Å². The molecule has 1 aliphatic rings. The predicted octanol–water partition coefficient (Wildman–Crippen LogP) is 15.1. The van der Waals surface area contributed by atoms with Gasteiger partial charge in [0.2, 0.25) is 0 Å². The fraction of sp³-hybridized carbons (Fsp3) is 0.132. The summed E-state index contributed by atoms with van der Waals surface area (Å²) in [6, 6.07) is 68.4. The van der Waals surface area contributed by atoms with Crippen LogP contribution in [0, 0.1) is 5.92 Å². The second-order valence-electron chi connectivity index (χ2n) is 13.7. The van der Waals surface area contributed by atoms with E-state index in [0.717, 1.165) is 0 Å². The molecule has 0 heterocycles. The third-order valence-corrected chi connectivity index (χ3v) is 10.7. The van der Waals surface area contributed by atoms with Crippen molar-refractivity contribution in [1.29, 1.82) is 0 Å². The Labute approximate surface area is 316 Å². The largest absolute Gasteiger partial charge is 0.0683 e. The van der Waals surface area contributed by atoms with Gasteiger partial charge in [-0.2, -0.15) is 0 Å². The van der Waals surface area contributed by atoms with Crippen molar-refractivity contribution in [3.05, 3.63) is 216 Å². The highest BCUT2D eigenvalue weighted by molar-refractivity contribution is 5.95. The lowest BCUT2D eigenvalue weighted by atomic mass is 9.86. The van der Waals surface area contributed by atoms with Crippen molar-refractivity contribution in [1.82, 2.24) is 0 Å². The summed E-state index contributed by atoms with van der Waals surface area (Å²) in [5.74, 6) is 0.953. The highest BCUT2D eigenvalue weighted by Gasteiger charge is 2.44. The molecule has 1 aliphatic carbocycles.